The number of aliphatic hydroxyl groups excluding tert-OH is 1. The summed E-state index contributed by atoms with van der Waals surface area (Å²) in [6.07, 6.45) is 0.666. The van der Waals surface area contributed by atoms with E-state index < -0.39 is 0 Å². The molecule has 0 spiro atoms. The Morgan fingerprint density at radius 1 is 1.20 bits per heavy atom. The molecule has 0 aliphatic rings. The van der Waals surface area contributed by atoms with Crippen molar-refractivity contribution in [2.45, 2.75) is 46.3 Å². The molecule has 7 nitrogen and oxygen atoms in total. The lowest BCUT2D eigenvalue weighted by molar-refractivity contribution is 0.222. The number of ether oxygens (including phenoxy) is 1. The van der Waals surface area contributed by atoms with Crippen molar-refractivity contribution >= 4 is 11.9 Å². The average molecular weight is 283 g/mol. The van der Waals surface area contributed by atoms with Gasteiger partial charge in [-0.1, -0.05) is 0 Å². The fraction of sp³-hybridized carbons (Fsp3) is 0.769. The van der Waals surface area contributed by atoms with E-state index >= 15 is 0 Å². The van der Waals surface area contributed by atoms with Crippen molar-refractivity contribution in [3.05, 3.63) is 0 Å². The highest BCUT2D eigenvalue weighted by molar-refractivity contribution is 5.38. The molecular formula is C13H25N5O2. The summed E-state index contributed by atoms with van der Waals surface area (Å²) in [6.45, 7) is 8.79. The highest BCUT2D eigenvalue weighted by Gasteiger charge is 2.17. The second-order valence-electron chi connectivity index (χ2n) is 5.02. The van der Waals surface area contributed by atoms with Crippen LogP contribution in [0.2, 0.25) is 0 Å². The molecule has 1 aromatic heterocycles. The molecular weight excluding hydrogens is 258 g/mol. The first-order chi connectivity index (χ1) is 9.47. The molecule has 2 N–H and O–H groups in total. The molecule has 0 fully saturated rings. The Balaban J connectivity index is 3.05. The van der Waals surface area contributed by atoms with Crippen molar-refractivity contribution in [2.75, 3.05) is 30.4 Å². The van der Waals surface area contributed by atoms with Gasteiger partial charge in [0.25, 0.3) is 0 Å². The summed E-state index contributed by atoms with van der Waals surface area (Å²) in [6, 6.07) is 0.532. The molecule has 20 heavy (non-hydrogen) atoms. The topological polar surface area (TPSA) is 83.4 Å². The van der Waals surface area contributed by atoms with Crippen LogP contribution >= 0.6 is 0 Å². The molecule has 1 rings (SSSR count). The van der Waals surface area contributed by atoms with Crippen LogP contribution in [0.4, 0.5) is 11.9 Å². The zero-order valence-corrected chi connectivity index (χ0v) is 12.9. The van der Waals surface area contributed by atoms with Crippen molar-refractivity contribution < 1.29 is 9.84 Å². The predicted octanol–water partition coefficient (Wildman–Crippen LogP) is 1.30. The first kappa shape index (κ1) is 16.4. The third-order valence-electron chi connectivity index (χ3n) is 2.61. The van der Waals surface area contributed by atoms with Crippen molar-refractivity contribution in [3.63, 3.8) is 0 Å². The second-order valence-corrected chi connectivity index (χ2v) is 5.02. The normalized spacial score (nSPS) is 11.0. The van der Waals surface area contributed by atoms with Crippen LogP contribution in [0.25, 0.3) is 0 Å². The smallest absolute Gasteiger partial charge is 0.323 e. The predicted molar refractivity (Wildman–Crippen MR) is 79.3 cm³/mol. The van der Waals surface area contributed by atoms with E-state index in [9.17, 15) is 0 Å². The van der Waals surface area contributed by atoms with Crippen LogP contribution < -0.4 is 15.0 Å². The average Bonchev–Trinajstić information content (AvgIpc) is 2.37. The highest BCUT2D eigenvalue weighted by atomic mass is 16.5. The van der Waals surface area contributed by atoms with Crippen LogP contribution in [0.3, 0.4) is 0 Å². The number of rotatable bonds is 8. The maximum absolute atomic E-state index is 9.00. The zero-order valence-electron chi connectivity index (χ0n) is 12.9. The first-order valence-corrected chi connectivity index (χ1v) is 6.96. The van der Waals surface area contributed by atoms with E-state index in [1.165, 1.54) is 0 Å². The van der Waals surface area contributed by atoms with Gasteiger partial charge >= 0.3 is 6.01 Å². The van der Waals surface area contributed by atoms with E-state index in [0.29, 0.717) is 30.9 Å². The van der Waals surface area contributed by atoms with Crippen LogP contribution in [-0.2, 0) is 0 Å². The van der Waals surface area contributed by atoms with Crippen molar-refractivity contribution in [1.29, 1.82) is 0 Å². The molecule has 0 bridgehead atoms. The van der Waals surface area contributed by atoms with E-state index in [-0.39, 0.29) is 18.8 Å². The summed E-state index contributed by atoms with van der Waals surface area (Å²) < 4.78 is 5.55. The lowest BCUT2D eigenvalue weighted by atomic mass is 10.3. The van der Waals surface area contributed by atoms with Gasteiger partial charge in [-0.05, 0) is 34.1 Å². The van der Waals surface area contributed by atoms with Crippen LogP contribution in [-0.4, -0.2) is 52.4 Å². The second kappa shape index (κ2) is 7.84. The first-order valence-electron chi connectivity index (χ1n) is 6.96. The van der Waals surface area contributed by atoms with Gasteiger partial charge < -0.3 is 20.1 Å². The number of hydrogen-bond acceptors (Lipinski definition) is 7. The summed E-state index contributed by atoms with van der Waals surface area (Å²) >= 11 is 0. The van der Waals surface area contributed by atoms with Crippen molar-refractivity contribution in [1.82, 2.24) is 15.0 Å². The minimum atomic E-state index is -0.0000945. The number of aromatic nitrogens is 3. The molecule has 1 heterocycles. The van der Waals surface area contributed by atoms with Gasteiger partial charge in [0.1, 0.15) is 0 Å². The molecule has 0 amide bonds. The quantitative estimate of drug-likeness (QED) is 0.744. The van der Waals surface area contributed by atoms with E-state index in [1.807, 2.05) is 18.7 Å². The monoisotopic (exact) mass is 283 g/mol. The molecule has 1 aromatic rings. The third-order valence-corrected chi connectivity index (χ3v) is 2.61. The number of nitrogens with one attached hydrogen (secondary N) is 1. The third kappa shape index (κ3) is 4.80. The molecule has 0 aliphatic carbocycles. The Bertz CT molecular complexity index is 412. The fourth-order valence-corrected chi connectivity index (χ4v) is 1.68. The van der Waals surface area contributed by atoms with Crippen LogP contribution in [0, 0.1) is 0 Å². The van der Waals surface area contributed by atoms with Gasteiger partial charge in [0, 0.05) is 26.2 Å². The van der Waals surface area contributed by atoms with Crippen molar-refractivity contribution in [2.24, 2.45) is 0 Å². The lowest BCUT2D eigenvalue weighted by Crippen LogP contribution is -2.34. The SMILES string of the molecule is CNc1nc(OC(C)C)nc(N(CCCO)C(C)C)n1. The Labute approximate surface area is 120 Å². The van der Waals surface area contributed by atoms with E-state index in [2.05, 4.69) is 34.1 Å². The summed E-state index contributed by atoms with van der Waals surface area (Å²) in [7, 11) is 1.76. The van der Waals surface area contributed by atoms with Gasteiger partial charge in [0.2, 0.25) is 11.9 Å². The van der Waals surface area contributed by atoms with Gasteiger partial charge in [-0.3, -0.25) is 0 Å². The molecule has 7 heteroatoms. The number of nitrogens with zero attached hydrogens (tertiary/aromatic N) is 4. The summed E-state index contributed by atoms with van der Waals surface area (Å²) in [5, 5.41) is 11.9. The summed E-state index contributed by atoms with van der Waals surface area (Å²) in [5.74, 6) is 1.03. The molecule has 0 atom stereocenters. The molecule has 0 radical (unpaired) electrons. The molecule has 114 valence electrons. The van der Waals surface area contributed by atoms with Gasteiger partial charge in [-0.2, -0.15) is 15.0 Å². The van der Waals surface area contributed by atoms with Gasteiger partial charge in [-0.25, -0.2) is 0 Å². The van der Waals surface area contributed by atoms with Gasteiger partial charge in [0.15, 0.2) is 0 Å². The van der Waals surface area contributed by atoms with E-state index in [4.69, 9.17) is 9.84 Å². The Kier molecular flexibility index (Phi) is 6.44. The number of hydrogen-bond donors (Lipinski definition) is 2. The van der Waals surface area contributed by atoms with E-state index in [0.717, 1.165) is 0 Å². The minimum absolute atomic E-state index is 0.0000945. The van der Waals surface area contributed by atoms with Gasteiger partial charge in [0.05, 0.1) is 6.10 Å². The van der Waals surface area contributed by atoms with Crippen LogP contribution in [0.1, 0.15) is 34.1 Å². The number of aliphatic hydroxyl groups is 1. The molecule has 0 saturated heterocycles. The number of anilines is 2. The standard InChI is InChI=1S/C13H25N5O2/c1-9(2)18(7-6-8-19)12-15-11(14-5)16-13(17-12)20-10(3)4/h9-10,19H,6-8H2,1-5H3,(H,14,15,16,17). The largest absolute Gasteiger partial charge is 0.461 e. The maximum Gasteiger partial charge on any atom is 0.323 e. The Hall–Kier alpha value is -1.63. The lowest BCUT2D eigenvalue weighted by Gasteiger charge is -2.26. The van der Waals surface area contributed by atoms with Gasteiger partial charge in [-0.15, -0.1) is 0 Å². The fourth-order valence-electron chi connectivity index (χ4n) is 1.68. The molecule has 0 aromatic carbocycles. The Morgan fingerprint density at radius 2 is 1.90 bits per heavy atom. The van der Waals surface area contributed by atoms with Crippen molar-refractivity contribution in [3.8, 4) is 6.01 Å². The maximum atomic E-state index is 9.00. The summed E-state index contributed by atoms with van der Waals surface area (Å²) in [4.78, 5) is 14.9. The minimum Gasteiger partial charge on any atom is -0.461 e. The molecule has 0 saturated carbocycles. The highest BCUT2D eigenvalue weighted by Crippen LogP contribution is 2.18. The van der Waals surface area contributed by atoms with E-state index in [1.54, 1.807) is 7.05 Å². The zero-order chi connectivity index (χ0) is 15.1. The molecule has 0 aliphatic heterocycles. The molecule has 0 unspecified atom stereocenters. The summed E-state index contributed by atoms with van der Waals surface area (Å²) in [5.41, 5.74) is 0. The Morgan fingerprint density at radius 3 is 2.40 bits per heavy atom. The van der Waals surface area contributed by atoms with Crippen LogP contribution in [0.15, 0.2) is 0 Å². The van der Waals surface area contributed by atoms with Crippen LogP contribution in [0.5, 0.6) is 6.01 Å².